The number of benzene rings is 1. The van der Waals surface area contributed by atoms with Crippen molar-refractivity contribution in [3.8, 4) is 0 Å². The van der Waals surface area contributed by atoms with E-state index >= 15 is 0 Å². The van der Waals surface area contributed by atoms with Crippen LogP contribution < -0.4 is 5.32 Å². The molecule has 0 fully saturated rings. The van der Waals surface area contributed by atoms with Crippen LogP contribution in [-0.4, -0.2) is 34.8 Å². The molecule has 0 aliphatic carbocycles. The molecule has 0 heterocycles. The minimum atomic E-state index is -0.667. The number of nitro benzene ring substituents is 1. The number of carbonyl (C=O) groups excluding carboxylic acids is 1. The summed E-state index contributed by atoms with van der Waals surface area (Å²) in [4.78, 5) is 22.3. The Hall–Kier alpha value is -2.15. The Bertz CT molecular complexity index is 508. The summed E-state index contributed by atoms with van der Waals surface area (Å²) in [7, 11) is 0. The summed E-state index contributed by atoms with van der Waals surface area (Å²) in [5.74, 6) is -0.616. The fraction of sp³-hybridized carbons (Fsp3) is 0.462. The Labute approximate surface area is 116 Å². The highest BCUT2D eigenvalue weighted by Gasteiger charge is 2.21. The molecular weight excluding hydrogens is 264 g/mol. The van der Waals surface area contributed by atoms with E-state index in [0.29, 0.717) is 0 Å². The first-order chi connectivity index (χ1) is 9.24. The van der Waals surface area contributed by atoms with Gasteiger partial charge in [-0.3, -0.25) is 10.1 Å². The number of aliphatic hydroxyl groups excluding tert-OH is 1. The molecule has 0 aliphatic heterocycles. The molecule has 0 aliphatic rings. The van der Waals surface area contributed by atoms with Crippen LogP contribution in [0.3, 0.4) is 0 Å². The van der Waals surface area contributed by atoms with E-state index in [9.17, 15) is 14.9 Å². The third-order valence-electron chi connectivity index (χ3n) is 2.26. The molecule has 2 N–H and O–H groups in total. The van der Waals surface area contributed by atoms with Crippen molar-refractivity contribution >= 4 is 17.3 Å². The van der Waals surface area contributed by atoms with Crippen molar-refractivity contribution in [2.75, 3.05) is 18.5 Å². The maximum absolute atomic E-state index is 11.9. The molecule has 0 saturated carbocycles. The van der Waals surface area contributed by atoms with Gasteiger partial charge in [-0.1, -0.05) is 0 Å². The molecule has 1 aromatic rings. The number of hydrogen-bond donors (Lipinski definition) is 2. The number of carbonyl (C=O) groups is 1. The molecule has 0 atom stereocenters. The van der Waals surface area contributed by atoms with E-state index in [1.54, 1.807) is 20.8 Å². The van der Waals surface area contributed by atoms with Gasteiger partial charge in [0.05, 0.1) is 17.1 Å². The smallest absolute Gasteiger partial charge is 0.338 e. The number of ether oxygens (including phenoxy) is 1. The zero-order valence-electron chi connectivity index (χ0n) is 11.7. The van der Waals surface area contributed by atoms with E-state index in [2.05, 4.69) is 5.32 Å². The van der Waals surface area contributed by atoms with Crippen LogP contribution in [-0.2, 0) is 4.74 Å². The van der Waals surface area contributed by atoms with Crippen LogP contribution in [0.1, 0.15) is 31.1 Å². The van der Waals surface area contributed by atoms with Gasteiger partial charge < -0.3 is 15.2 Å². The lowest BCUT2D eigenvalue weighted by molar-refractivity contribution is -0.384. The Morgan fingerprint density at radius 1 is 1.45 bits per heavy atom. The van der Waals surface area contributed by atoms with Gasteiger partial charge in [0.25, 0.3) is 5.69 Å². The van der Waals surface area contributed by atoms with Gasteiger partial charge in [-0.05, 0) is 32.9 Å². The van der Waals surface area contributed by atoms with Crippen molar-refractivity contribution < 1.29 is 19.6 Å². The topological polar surface area (TPSA) is 102 Å². The Morgan fingerprint density at radius 3 is 2.60 bits per heavy atom. The molecule has 0 aromatic heterocycles. The number of nitro groups is 1. The fourth-order valence-corrected chi connectivity index (χ4v) is 1.49. The zero-order chi connectivity index (χ0) is 15.3. The summed E-state index contributed by atoms with van der Waals surface area (Å²) in [5.41, 5.74) is -0.543. The normalized spacial score (nSPS) is 11.0. The molecule has 1 aromatic carbocycles. The van der Waals surface area contributed by atoms with Crippen molar-refractivity contribution in [3.05, 3.63) is 33.9 Å². The SMILES string of the molecule is CC(C)(C)OC(=O)c1ccc(NCCO)c([N+](=O)[O-])c1. The molecule has 0 radical (unpaired) electrons. The Balaban J connectivity index is 3.04. The summed E-state index contributed by atoms with van der Waals surface area (Å²) < 4.78 is 5.16. The first kappa shape index (κ1) is 15.9. The molecular formula is C13H18N2O5. The highest BCUT2D eigenvalue weighted by molar-refractivity contribution is 5.91. The number of aliphatic hydroxyl groups is 1. The van der Waals surface area contributed by atoms with Crippen molar-refractivity contribution in [2.24, 2.45) is 0 Å². The number of hydrogen-bond acceptors (Lipinski definition) is 6. The van der Waals surface area contributed by atoms with E-state index < -0.39 is 16.5 Å². The first-order valence-electron chi connectivity index (χ1n) is 6.11. The maximum atomic E-state index is 11.9. The van der Waals surface area contributed by atoms with E-state index in [1.165, 1.54) is 12.1 Å². The van der Waals surface area contributed by atoms with Crippen LogP contribution in [0.5, 0.6) is 0 Å². The van der Waals surface area contributed by atoms with Crippen LogP contribution in [0.25, 0.3) is 0 Å². The minimum Gasteiger partial charge on any atom is -0.456 e. The number of anilines is 1. The minimum absolute atomic E-state index is 0.112. The summed E-state index contributed by atoms with van der Waals surface area (Å²) >= 11 is 0. The summed E-state index contributed by atoms with van der Waals surface area (Å²) in [6.07, 6.45) is 0. The standard InChI is InChI=1S/C13H18N2O5/c1-13(2,3)20-12(17)9-4-5-10(14-6-7-16)11(8-9)15(18)19/h4-5,8,14,16H,6-7H2,1-3H3. The first-order valence-corrected chi connectivity index (χ1v) is 6.11. The molecule has 110 valence electrons. The second-order valence-electron chi connectivity index (χ2n) is 5.14. The van der Waals surface area contributed by atoms with Gasteiger partial charge in [0.15, 0.2) is 0 Å². The van der Waals surface area contributed by atoms with Crippen molar-refractivity contribution in [1.82, 2.24) is 0 Å². The van der Waals surface area contributed by atoms with Gasteiger partial charge in [0.2, 0.25) is 0 Å². The summed E-state index contributed by atoms with van der Waals surface area (Å²) in [6.45, 7) is 5.20. The second kappa shape index (κ2) is 6.33. The molecule has 20 heavy (non-hydrogen) atoms. The number of esters is 1. The lowest BCUT2D eigenvalue weighted by atomic mass is 10.1. The predicted molar refractivity (Wildman–Crippen MR) is 73.8 cm³/mol. The molecule has 0 bridgehead atoms. The van der Waals surface area contributed by atoms with Crippen LogP contribution >= 0.6 is 0 Å². The molecule has 0 saturated heterocycles. The summed E-state index contributed by atoms with van der Waals surface area (Å²) in [6, 6.07) is 4.03. The highest BCUT2D eigenvalue weighted by Crippen LogP contribution is 2.26. The van der Waals surface area contributed by atoms with Gasteiger partial charge in [-0.25, -0.2) is 4.79 Å². The van der Waals surface area contributed by atoms with Gasteiger partial charge in [0.1, 0.15) is 11.3 Å². The molecule has 0 spiro atoms. The largest absolute Gasteiger partial charge is 0.456 e. The van der Waals surface area contributed by atoms with E-state index in [4.69, 9.17) is 9.84 Å². The van der Waals surface area contributed by atoms with Crippen LogP contribution in [0.2, 0.25) is 0 Å². The third-order valence-corrected chi connectivity index (χ3v) is 2.26. The molecule has 1 rings (SSSR count). The number of nitrogens with one attached hydrogen (secondary N) is 1. The van der Waals surface area contributed by atoms with E-state index in [0.717, 1.165) is 6.07 Å². The lowest BCUT2D eigenvalue weighted by Crippen LogP contribution is -2.24. The van der Waals surface area contributed by atoms with Crippen molar-refractivity contribution in [1.29, 1.82) is 0 Å². The van der Waals surface area contributed by atoms with E-state index in [-0.39, 0.29) is 30.1 Å². The van der Waals surface area contributed by atoms with Crippen molar-refractivity contribution in [3.63, 3.8) is 0 Å². The van der Waals surface area contributed by atoms with Gasteiger partial charge in [-0.15, -0.1) is 0 Å². The van der Waals surface area contributed by atoms with Crippen LogP contribution in [0.4, 0.5) is 11.4 Å². The Kier molecular flexibility index (Phi) is 5.04. The predicted octanol–water partition coefficient (Wildman–Crippen LogP) is 1.95. The van der Waals surface area contributed by atoms with Crippen molar-refractivity contribution in [2.45, 2.75) is 26.4 Å². The lowest BCUT2D eigenvalue weighted by Gasteiger charge is -2.19. The maximum Gasteiger partial charge on any atom is 0.338 e. The van der Waals surface area contributed by atoms with Gasteiger partial charge in [-0.2, -0.15) is 0 Å². The zero-order valence-corrected chi connectivity index (χ0v) is 11.7. The average Bonchev–Trinajstić information content (AvgIpc) is 2.33. The molecule has 0 amide bonds. The fourth-order valence-electron chi connectivity index (χ4n) is 1.49. The quantitative estimate of drug-likeness (QED) is 0.486. The molecule has 0 unspecified atom stereocenters. The Morgan fingerprint density at radius 2 is 2.10 bits per heavy atom. The number of nitrogens with zero attached hydrogens (tertiary/aromatic N) is 1. The summed E-state index contributed by atoms with van der Waals surface area (Å²) in [5, 5.41) is 22.4. The van der Waals surface area contributed by atoms with Crippen LogP contribution in [0.15, 0.2) is 18.2 Å². The number of rotatable bonds is 5. The molecule has 7 heteroatoms. The van der Waals surface area contributed by atoms with Gasteiger partial charge >= 0.3 is 5.97 Å². The average molecular weight is 282 g/mol. The third kappa shape index (κ3) is 4.51. The van der Waals surface area contributed by atoms with Gasteiger partial charge in [0, 0.05) is 12.6 Å². The van der Waals surface area contributed by atoms with Crippen LogP contribution in [0, 0.1) is 10.1 Å². The second-order valence-corrected chi connectivity index (χ2v) is 5.14. The van der Waals surface area contributed by atoms with E-state index in [1.807, 2.05) is 0 Å². The molecule has 7 nitrogen and oxygen atoms in total. The monoisotopic (exact) mass is 282 g/mol. The highest BCUT2D eigenvalue weighted by atomic mass is 16.6.